The summed E-state index contributed by atoms with van der Waals surface area (Å²) in [5.41, 5.74) is 1.01. The summed E-state index contributed by atoms with van der Waals surface area (Å²) in [6, 6.07) is 7.46. The molecule has 0 aromatic heterocycles. The lowest BCUT2D eigenvalue weighted by Crippen LogP contribution is -2.32. The minimum absolute atomic E-state index is 0.305. The van der Waals surface area contributed by atoms with Crippen LogP contribution in [0, 0.1) is 0 Å². The molecule has 0 unspecified atom stereocenters. The zero-order valence-electron chi connectivity index (χ0n) is 9.60. The van der Waals surface area contributed by atoms with E-state index in [-0.39, 0.29) is 0 Å². The molecule has 0 aliphatic heterocycles. The first-order chi connectivity index (χ1) is 8.13. The van der Waals surface area contributed by atoms with Crippen molar-refractivity contribution in [2.24, 2.45) is 0 Å². The molecule has 0 bridgehead atoms. The summed E-state index contributed by atoms with van der Waals surface area (Å²) in [6.45, 7) is 2.84. The number of carbonyl (C=O) groups excluding carboxylic acids is 1. The molecular weight excluding hydrogens is 222 g/mol. The number of hydrogen-bond donors (Lipinski definition) is 2. The normalized spacial score (nSPS) is 9.71. The molecule has 1 rings (SSSR count). The first-order valence-corrected chi connectivity index (χ1v) is 5.36. The molecular formula is C12H15NO4. The van der Waals surface area contributed by atoms with Gasteiger partial charge in [0.2, 0.25) is 0 Å². The van der Waals surface area contributed by atoms with Gasteiger partial charge in [-0.05, 0) is 31.0 Å². The molecule has 0 aliphatic rings. The van der Waals surface area contributed by atoms with Crippen LogP contribution in [-0.4, -0.2) is 30.1 Å². The lowest BCUT2D eigenvalue weighted by molar-refractivity contribution is -0.150. The maximum absolute atomic E-state index is 10.7. The van der Waals surface area contributed by atoms with Gasteiger partial charge in [0.15, 0.2) is 0 Å². The molecule has 1 amide bonds. The van der Waals surface area contributed by atoms with E-state index in [1.165, 1.54) is 0 Å². The Labute approximate surface area is 99.4 Å². The number of aliphatic carboxylic acids is 1. The summed E-state index contributed by atoms with van der Waals surface area (Å²) in [4.78, 5) is 21.0. The molecule has 0 aliphatic carbocycles. The number of carboxylic acid groups (broad SMARTS) is 1. The monoisotopic (exact) mass is 237 g/mol. The van der Waals surface area contributed by atoms with E-state index in [2.05, 4.69) is 5.32 Å². The molecule has 0 atom stereocenters. The third-order valence-electron chi connectivity index (χ3n) is 2.13. The number of rotatable bonds is 5. The summed E-state index contributed by atoms with van der Waals surface area (Å²) in [5, 5.41) is 10.6. The Morgan fingerprint density at radius 1 is 1.29 bits per heavy atom. The number of carbonyl (C=O) groups is 2. The van der Waals surface area contributed by atoms with E-state index >= 15 is 0 Å². The lowest BCUT2D eigenvalue weighted by Gasteiger charge is -2.05. The number of benzene rings is 1. The van der Waals surface area contributed by atoms with Crippen LogP contribution in [0.2, 0.25) is 0 Å². The topological polar surface area (TPSA) is 75.6 Å². The van der Waals surface area contributed by atoms with Crippen molar-refractivity contribution in [3.05, 3.63) is 29.8 Å². The molecule has 0 saturated heterocycles. The van der Waals surface area contributed by atoms with Crippen molar-refractivity contribution < 1.29 is 19.4 Å². The van der Waals surface area contributed by atoms with Gasteiger partial charge in [-0.3, -0.25) is 4.79 Å². The van der Waals surface area contributed by atoms with Gasteiger partial charge >= 0.3 is 11.9 Å². The van der Waals surface area contributed by atoms with Crippen LogP contribution in [0.15, 0.2) is 24.3 Å². The minimum Gasteiger partial charge on any atom is -0.494 e. The van der Waals surface area contributed by atoms with E-state index in [1.54, 1.807) is 0 Å². The highest BCUT2D eigenvalue weighted by molar-refractivity contribution is 6.31. The molecule has 2 N–H and O–H groups in total. The van der Waals surface area contributed by atoms with Crippen LogP contribution < -0.4 is 10.1 Å². The summed E-state index contributed by atoms with van der Waals surface area (Å²) < 4.78 is 5.29. The van der Waals surface area contributed by atoms with Gasteiger partial charge in [-0.25, -0.2) is 4.79 Å². The second-order valence-corrected chi connectivity index (χ2v) is 3.39. The SMILES string of the molecule is CCOc1ccc(CCNC(=O)C(=O)O)cc1. The predicted molar refractivity (Wildman–Crippen MR) is 62.0 cm³/mol. The first-order valence-electron chi connectivity index (χ1n) is 5.36. The van der Waals surface area contributed by atoms with Crippen LogP contribution in [0.3, 0.4) is 0 Å². The summed E-state index contributed by atoms with van der Waals surface area (Å²) in [5.74, 6) is -1.64. The second kappa shape index (κ2) is 6.52. The third-order valence-corrected chi connectivity index (χ3v) is 2.13. The number of carboxylic acids is 1. The van der Waals surface area contributed by atoms with E-state index in [0.29, 0.717) is 19.6 Å². The average Bonchev–Trinajstić information content (AvgIpc) is 2.31. The van der Waals surface area contributed by atoms with E-state index < -0.39 is 11.9 Å². The predicted octanol–water partition coefficient (Wildman–Crippen LogP) is 0.829. The standard InChI is InChI=1S/C12H15NO4/c1-2-17-10-5-3-9(4-6-10)7-8-13-11(14)12(15)16/h3-6H,2,7-8H2,1H3,(H,13,14)(H,15,16). The van der Waals surface area contributed by atoms with Crippen LogP contribution in [0.1, 0.15) is 12.5 Å². The Morgan fingerprint density at radius 3 is 2.47 bits per heavy atom. The van der Waals surface area contributed by atoms with Crippen molar-refractivity contribution in [3.8, 4) is 5.75 Å². The molecule has 92 valence electrons. The average molecular weight is 237 g/mol. The van der Waals surface area contributed by atoms with Gasteiger partial charge in [0.25, 0.3) is 0 Å². The minimum atomic E-state index is -1.46. The zero-order valence-corrected chi connectivity index (χ0v) is 9.60. The van der Waals surface area contributed by atoms with Crippen molar-refractivity contribution >= 4 is 11.9 Å². The van der Waals surface area contributed by atoms with Crippen LogP contribution in [0.25, 0.3) is 0 Å². The van der Waals surface area contributed by atoms with E-state index in [4.69, 9.17) is 9.84 Å². The fraction of sp³-hybridized carbons (Fsp3) is 0.333. The molecule has 0 radical (unpaired) electrons. The van der Waals surface area contributed by atoms with E-state index in [0.717, 1.165) is 11.3 Å². The Balaban J connectivity index is 2.37. The Hall–Kier alpha value is -2.04. The summed E-state index contributed by atoms with van der Waals surface area (Å²) in [6.07, 6.45) is 0.589. The zero-order chi connectivity index (χ0) is 12.7. The first kappa shape index (κ1) is 13.0. The Kier molecular flexibility index (Phi) is 5.00. The van der Waals surface area contributed by atoms with Crippen LogP contribution in [0.4, 0.5) is 0 Å². The molecule has 5 nitrogen and oxygen atoms in total. The molecule has 0 spiro atoms. The molecule has 5 heteroatoms. The number of hydrogen-bond acceptors (Lipinski definition) is 3. The third kappa shape index (κ3) is 4.55. The van der Waals surface area contributed by atoms with Crippen molar-refractivity contribution in [2.45, 2.75) is 13.3 Å². The molecule has 0 fully saturated rings. The maximum atomic E-state index is 10.7. The van der Waals surface area contributed by atoms with Crippen molar-refractivity contribution in [1.82, 2.24) is 5.32 Å². The Morgan fingerprint density at radius 2 is 1.94 bits per heavy atom. The maximum Gasteiger partial charge on any atom is 0.394 e. The molecule has 0 heterocycles. The van der Waals surface area contributed by atoms with E-state index in [9.17, 15) is 9.59 Å². The number of ether oxygens (including phenoxy) is 1. The van der Waals surface area contributed by atoms with Crippen molar-refractivity contribution in [1.29, 1.82) is 0 Å². The van der Waals surface area contributed by atoms with Crippen molar-refractivity contribution in [3.63, 3.8) is 0 Å². The molecule has 17 heavy (non-hydrogen) atoms. The van der Waals surface area contributed by atoms with Crippen LogP contribution in [-0.2, 0) is 16.0 Å². The van der Waals surface area contributed by atoms with E-state index in [1.807, 2.05) is 31.2 Å². The highest BCUT2D eigenvalue weighted by Gasteiger charge is 2.08. The molecule has 0 saturated carbocycles. The largest absolute Gasteiger partial charge is 0.494 e. The van der Waals surface area contributed by atoms with Crippen LogP contribution >= 0.6 is 0 Å². The van der Waals surface area contributed by atoms with Gasteiger partial charge in [-0.2, -0.15) is 0 Å². The fourth-order valence-corrected chi connectivity index (χ4v) is 1.31. The van der Waals surface area contributed by atoms with Gasteiger partial charge in [0.05, 0.1) is 6.61 Å². The highest BCUT2D eigenvalue weighted by Crippen LogP contribution is 2.12. The van der Waals surface area contributed by atoms with Gasteiger partial charge in [0, 0.05) is 6.54 Å². The quantitative estimate of drug-likeness (QED) is 0.744. The lowest BCUT2D eigenvalue weighted by atomic mass is 10.1. The smallest absolute Gasteiger partial charge is 0.394 e. The number of amides is 1. The second-order valence-electron chi connectivity index (χ2n) is 3.39. The summed E-state index contributed by atoms with van der Waals surface area (Å²) >= 11 is 0. The van der Waals surface area contributed by atoms with Gasteiger partial charge in [0.1, 0.15) is 5.75 Å². The van der Waals surface area contributed by atoms with Gasteiger partial charge in [-0.1, -0.05) is 12.1 Å². The summed E-state index contributed by atoms with van der Waals surface area (Å²) in [7, 11) is 0. The Bertz CT molecular complexity index is 386. The highest BCUT2D eigenvalue weighted by atomic mass is 16.5. The van der Waals surface area contributed by atoms with Crippen molar-refractivity contribution in [2.75, 3.05) is 13.2 Å². The molecule has 1 aromatic carbocycles. The van der Waals surface area contributed by atoms with Crippen LogP contribution in [0.5, 0.6) is 5.75 Å². The number of nitrogens with one attached hydrogen (secondary N) is 1. The van der Waals surface area contributed by atoms with Gasteiger partial charge < -0.3 is 15.2 Å². The fourth-order valence-electron chi connectivity index (χ4n) is 1.31. The van der Waals surface area contributed by atoms with Gasteiger partial charge in [-0.15, -0.1) is 0 Å². The molecule has 1 aromatic rings.